The average Bonchev–Trinajstić information content (AvgIpc) is 2.58. The summed E-state index contributed by atoms with van der Waals surface area (Å²) in [5.41, 5.74) is 1.78. The van der Waals surface area contributed by atoms with E-state index in [1.165, 1.54) is 0 Å². The number of H-pyrrole nitrogens is 2. The molecule has 0 atom stereocenters. The Labute approximate surface area is 69.2 Å². The Morgan fingerprint density at radius 2 is 2.00 bits per heavy atom. The van der Waals surface area contributed by atoms with Crippen LogP contribution in [-0.2, 0) is 0 Å². The van der Waals surface area contributed by atoms with Crippen LogP contribution in [0.4, 0.5) is 0 Å². The van der Waals surface area contributed by atoms with Crippen molar-refractivity contribution in [2.75, 3.05) is 0 Å². The van der Waals surface area contributed by atoms with Gasteiger partial charge in [-0.3, -0.25) is 10.2 Å². The van der Waals surface area contributed by atoms with Crippen molar-refractivity contribution in [3.05, 3.63) is 17.6 Å². The summed E-state index contributed by atoms with van der Waals surface area (Å²) in [6.45, 7) is 3.80. The van der Waals surface area contributed by atoms with E-state index in [2.05, 4.69) is 25.4 Å². The largest absolute Gasteiger partial charge is 0.282 e. The lowest BCUT2D eigenvalue weighted by Gasteiger charge is -1.81. The van der Waals surface area contributed by atoms with Crippen LogP contribution in [-0.4, -0.2) is 25.4 Å². The minimum absolute atomic E-state index is 0.636. The van der Waals surface area contributed by atoms with Gasteiger partial charge in [-0.1, -0.05) is 0 Å². The van der Waals surface area contributed by atoms with Gasteiger partial charge in [0.25, 0.3) is 0 Å². The molecule has 0 aliphatic heterocycles. The van der Waals surface area contributed by atoms with E-state index < -0.39 is 0 Å². The van der Waals surface area contributed by atoms with Gasteiger partial charge >= 0.3 is 0 Å². The number of hydrogen-bond donors (Lipinski definition) is 2. The van der Waals surface area contributed by atoms with E-state index >= 15 is 0 Å². The maximum atomic E-state index is 4.15. The zero-order chi connectivity index (χ0) is 8.55. The molecule has 0 spiro atoms. The molecule has 0 fully saturated rings. The molecule has 5 heteroatoms. The van der Waals surface area contributed by atoms with E-state index in [1.54, 1.807) is 0 Å². The highest BCUT2D eigenvalue weighted by molar-refractivity contribution is 5.48. The molecule has 0 amide bonds. The number of aryl methyl sites for hydroxylation is 2. The van der Waals surface area contributed by atoms with Crippen LogP contribution in [0.3, 0.4) is 0 Å². The summed E-state index contributed by atoms with van der Waals surface area (Å²) in [5.74, 6) is 1.43. The highest BCUT2D eigenvalue weighted by atomic mass is 15.2. The van der Waals surface area contributed by atoms with E-state index in [4.69, 9.17) is 0 Å². The molecule has 0 saturated carbocycles. The lowest BCUT2D eigenvalue weighted by Crippen LogP contribution is -1.80. The summed E-state index contributed by atoms with van der Waals surface area (Å²) < 4.78 is 0. The van der Waals surface area contributed by atoms with E-state index in [-0.39, 0.29) is 0 Å². The fraction of sp³-hybridized carbons (Fsp3) is 0.286. The molecule has 5 nitrogen and oxygen atoms in total. The Morgan fingerprint density at radius 3 is 2.50 bits per heavy atom. The first-order valence-electron chi connectivity index (χ1n) is 3.67. The van der Waals surface area contributed by atoms with Crippen LogP contribution in [0.15, 0.2) is 6.07 Å². The number of aromatic nitrogens is 5. The van der Waals surface area contributed by atoms with Crippen molar-refractivity contribution in [1.29, 1.82) is 0 Å². The lowest BCUT2D eigenvalue weighted by atomic mass is 10.4. The van der Waals surface area contributed by atoms with Gasteiger partial charge in [0.1, 0.15) is 11.5 Å². The molecule has 0 unspecified atom stereocenters. The molecule has 2 N–H and O–H groups in total. The first-order valence-corrected chi connectivity index (χ1v) is 3.67. The molecule has 0 aliphatic carbocycles. The maximum absolute atomic E-state index is 4.15. The number of aromatic amines is 2. The quantitative estimate of drug-likeness (QED) is 0.653. The first kappa shape index (κ1) is 7.02. The van der Waals surface area contributed by atoms with Crippen molar-refractivity contribution in [2.24, 2.45) is 0 Å². The standard InChI is InChI=1S/C7H9N5/c1-4-3-6(11-9-4)7-8-5(2)10-12-7/h3H,1-2H3,(H,9,11)(H,8,10,12). The summed E-state index contributed by atoms with van der Waals surface area (Å²) in [5, 5.41) is 13.6. The summed E-state index contributed by atoms with van der Waals surface area (Å²) in [7, 11) is 0. The highest BCUT2D eigenvalue weighted by Crippen LogP contribution is 2.11. The Morgan fingerprint density at radius 1 is 1.17 bits per heavy atom. The molecule has 0 saturated heterocycles. The zero-order valence-electron chi connectivity index (χ0n) is 6.92. The number of nitrogens with zero attached hydrogens (tertiary/aromatic N) is 3. The third-order valence-electron chi connectivity index (χ3n) is 1.53. The minimum Gasteiger partial charge on any atom is -0.282 e. The third kappa shape index (κ3) is 1.09. The first-order chi connectivity index (χ1) is 5.75. The summed E-state index contributed by atoms with van der Waals surface area (Å²) >= 11 is 0. The molecule has 0 aromatic carbocycles. The number of hydrogen-bond acceptors (Lipinski definition) is 3. The van der Waals surface area contributed by atoms with Crippen LogP contribution in [0.25, 0.3) is 11.5 Å². The molecule has 12 heavy (non-hydrogen) atoms. The number of rotatable bonds is 1. The molecule has 0 bridgehead atoms. The third-order valence-corrected chi connectivity index (χ3v) is 1.53. The molecule has 62 valence electrons. The summed E-state index contributed by atoms with van der Waals surface area (Å²) in [6.07, 6.45) is 0. The fourth-order valence-corrected chi connectivity index (χ4v) is 0.990. The van der Waals surface area contributed by atoms with E-state index in [0.717, 1.165) is 17.2 Å². The van der Waals surface area contributed by atoms with Crippen LogP contribution < -0.4 is 0 Å². The predicted molar refractivity (Wildman–Crippen MR) is 43.4 cm³/mol. The zero-order valence-corrected chi connectivity index (χ0v) is 6.92. The molecular formula is C7H9N5. The Kier molecular flexibility index (Phi) is 1.43. The molecule has 0 radical (unpaired) electrons. The van der Waals surface area contributed by atoms with Gasteiger partial charge in [-0.25, -0.2) is 4.98 Å². The van der Waals surface area contributed by atoms with Crippen molar-refractivity contribution in [3.8, 4) is 11.5 Å². The van der Waals surface area contributed by atoms with Gasteiger partial charge in [-0.15, -0.1) is 0 Å². The highest BCUT2D eigenvalue weighted by Gasteiger charge is 2.05. The van der Waals surface area contributed by atoms with Crippen molar-refractivity contribution in [3.63, 3.8) is 0 Å². The number of nitrogens with one attached hydrogen (secondary N) is 2. The van der Waals surface area contributed by atoms with Gasteiger partial charge in [-0.05, 0) is 19.9 Å². The van der Waals surface area contributed by atoms with Crippen LogP contribution in [0, 0.1) is 13.8 Å². The summed E-state index contributed by atoms with van der Waals surface area (Å²) in [4.78, 5) is 4.15. The van der Waals surface area contributed by atoms with Gasteiger partial charge in [0.15, 0.2) is 0 Å². The Bertz CT molecular complexity index is 348. The van der Waals surface area contributed by atoms with Gasteiger partial charge < -0.3 is 0 Å². The Hall–Kier alpha value is -1.65. The normalized spacial score (nSPS) is 10.5. The Balaban J connectivity index is 2.43. The van der Waals surface area contributed by atoms with E-state index in [0.29, 0.717) is 5.82 Å². The van der Waals surface area contributed by atoms with E-state index in [9.17, 15) is 0 Å². The molecule has 2 aromatic rings. The van der Waals surface area contributed by atoms with Crippen LogP contribution in [0.5, 0.6) is 0 Å². The van der Waals surface area contributed by atoms with Crippen molar-refractivity contribution in [2.45, 2.75) is 13.8 Å². The maximum Gasteiger partial charge on any atom is 0.201 e. The molecule has 2 heterocycles. The van der Waals surface area contributed by atoms with Crippen LogP contribution in [0.2, 0.25) is 0 Å². The van der Waals surface area contributed by atoms with Crippen molar-refractivity contribution >= 4 is 0 Å². The predicted octanol–water partition coefficient (Wildman–Crippen LogP) is 0.812. The second kappa shape index (κ2) is 2.44. The second-order valence-electron chi connectivity index (χ2n) is 2.68. The van der Waals surface area contributed by atoms with Gasteiger partial charge in [0, 0.05) is 5.69 Å². The smallest absolute Gasteiger partial charge is 0.201 e. The molecular weight excluding hydrogens is 154 g/mol. The monoisotopic (exact) mass is 163 g/mol. The lowest BCUT2D eigenvalue weighted by molar-refractivity contribution is 1.02. The van der Waals surface area contributed by atoms with Gasteiger partial charge in [0.05, 0.1) is 0 Å². The fourth-order valence-electron chi connectivity index (χ4n) is 0.990. The van der Waals surface area contributed by atoms with Crippen molar-refractivity contribution in [1.82, 2.24) is 25.4 Å². The SMILES string of the molecule is Cc1cc(-c2n[nH]c(C)n2)n[nH]1. The van der Waals surface area contributed by atoms with Crippen LogP contribution >= 0.6 is 0 Å². The van der Waals surface area contributed by atoms with Crippen LogP contribution in [0.1, 0.15) is 11.5 Å². The topological polar surface area (TPSA) is 70.2 Å². The molecule has 0 aliphatic rings. The molecule has 2 aromatic heterocycles. The van der Waals surface area contributed by atoms with Gasteiger partial charge in [0.2, 0.25) is 5.82 Å². The van der Waals surface area contributed by atoms with Crippen molar-refractivity contribution < 1.29 is 0 Å². The average molecular weight is 163 g/mol. The summed E-state index contributed by atoms with van der Waals surface area (Å²) in [6, 6.07) is 1.91. The second-order valence-corrected chi connectivity index (χ2v) is 2.68. The minimum atomic E-state index is 0.636. The van der Waals surface area contributed by atoms with E-state index in [1.807, 2.05) is 19.9 Å². The van der Waals surface area contributed by atoms with Gasteiger partial charge in [-0.2, -0.15) is 10.2 Å². The molecule has 2 rings (SSSR count).